The van der Waals surface area contributed by atoms with Gasteiger partial charge in [0.1, 0.15) is 6.04 Å². The Kier molecular flexibility index (Phi) is 12.9. The number of benzene rings is 1. The van der Waals surface area contributed by atoms with Gasteiger partial charge in [0.15, 0.2) is 0 Å². The number of carbonyl (C=O) groups excluding carboxylic acids is 1. The van der Waals surface area contributed by atoms with Crippen LogP contribution in [-0.4, -0.2) is 38.1 Å². The van der Waals surface area contributed by atoms with Gasteiger partial charge in [0, 0.05) is 6.54 Å². The highest BCUT2D eigenvalue weighted by Crippen LogP contribution is 2.12. The van der Waals surface area contributed by atoms with Crippen LogP contribution in [0.25, 0.3) is 0 Å². The molecule has 0 aliphatic rings. The van der Waals surface area contributed by atoms with Gasteiger partial charge in [0.2, 0.25) is 15.9 Å². The quantitative estimate of drug-likeness (QED) is 0.338. The van der Waals surface area contributed by atoms with Gasteiger partial charge in [-0.1, -0.05) is 82.4 Å². The molecule has 1 rings (SSSR count). The van der Waals surface area contributed by atoms with Crippen molar-refractivity contribution in [2.45, 2.75) is 102 Å². The van der Waals surface area contributed by atoms with Gasteiger partial charge in [-0.15, -0.1) is 0 Å². The van der Waals surface area contributed by atoms with E-state index in [4.69, 9.17) is 0 Å². The number of aliphatic hydroxyl groups excluding tert-OH is 1. The van der Waals surface area contributed by atoms with Crippen LogP contribution in [0, 0.1) is 6.92 Å². The molecule has 0 bridgehead atoms. The predicted molar refractivity (Wildman–Crippen MR) is 122 cm³/mol. The van der Waals surface area contributed by atoms with Gasteiger partial charge in [-0.05, 0) is 32.4 Å². The number of amides is 1. The van der Waals surface area contributed by atoms with Crippen LogP contribution in [0.1, 0.15) is 83.6 Å². The molecule has 0 aromatic heterocycles. The highest BCUT2D eigenvalue weighted by atomic mass is 32.2. The van der Waals surface area contributed by atoms with Crippen LogP contribution in [0.2, 0.25) is 0 Å². The highest BCUT2D eigenvalue weighted by Gasteiger charge is 2.29. The molecule has 1 amide bonds. The lowest BCUT2D eigenvalue weighted by Gasteiger charge is -2.21. The number of aryl methyl sites for hydroxylation is 1. The van der Waals surface area contributed by atoms with Crippen molar-refractivity contribution in [3.63, 3.8) is 0 Å². The Balaban J connectivity index is 2.33. The zero-order valence-corrected chi connectivity index (χ0v) is 19.6. The topological polar surface area (TPSA) is 95.5 Å². The Morgan fingerprint density at radius 1 is 0.933 bits per heavy atom. The van der Waals surface area contributed by atoms with E-state index < -0.39 is 28.1 Å². The maximum Gasteiger partial charge on any atom is 0.241 e. The van der Waals surface area contributed by atoms with E-state index in [1.165, 1.54) is 64.0 Å². The van der Waals surface area contributed by atoms with Crippen molar-refractivity contribution in [2.75, 3.05) is 6.54 Å². The third kappa shape index (κ3) is 10.5. The lowest BCUT2D eigenvalue weighted by molar-refractivity contribution is -0.124. The van der Waals surface area contributed by atoms with Gasteiger partial charge < -0.3 is 10.4 Å². The fourth-order valence-electron chi connectivity index (χ4n) is 3.26. The molecular weight excluding hydrogens is 400 g/mol. The van der Waals surface area contributed by atoms with E-state index in [1.807, 2.05) is 6.92 Å². The molecule has 30 heavy (non-hydrogen) atoms. The average molecular weight is 441 g/mol. The van der Waals surface area contributed by atoms with E-state index in [0.29, 0.717) is 6.54 Å². The summed E-state index contributed by atoms with van der Waals surface area (Å²) >= 11 is 0. The summed E-state index contributed by atoms with van der Waals surface area (Å²) in [5.41, 5.74) is 0.940. The predicted octanol–water partition coefficient (Wildman–Crippen LogP) is 4.06. The van der Waals surface area contributed by atoms with Crippen molar-refractivity contribution in [2.24, 2.45) is 0 Å². The van der Waals surface area contributed by atoms with Crippen molar-refractivity contribution in [3.8, 4) is 0 Å². The number of hydrogen-bond donors (Lipinski definition) is 3. The Hall–Kier alpha value is -1.44. The van der Waals surface area contributed by atoms with Crippen LogP contribution in [0.5, 0.6) is 0 Å². The van der Waals surface area contributed by atoms with Crippen LogP contribution in [0.4, 0.5) is 0 Å². The van der Waals surface area contributed by atoms with E-state index >= 15 is 0 Å². The fourth-order valence-corrected chi connectivity index (χ4v) is 4.53. The summed E-state index contributed by atoms with van der Waals surface area (Å²) in [6, 6.07) is 5.13. The smallest absolute Gasteiger partial charge is 0.241 e. The van der Waals surface area contributed by atoms with Crippen molar-refractivity contribution in [3.05, 3.63) is 29.8 Å². The summed E-state index contributed by atoms with van der Waals surface area (Å²) in [6.45, 7) is 5.97. The molecule has 0 fully saturated rings. The molecule has 1 aromatic rings. The second kappa shape index (κ2) is 14.5. The van der Waals surface area contributed by atoms with E-state index in [1.54, 1.807) is 12.1 Å². The first kappa shape index (κ1) is 26.6. The minimum absolute atomic E-state index is 0.0706. The maximum absolute atomic E-state index is 12.5. The molecule has 0 saturated carbocycles. The summed E-state index contributed by atoms with van der Waals surface area (Å²) in [4.78, 5) is 12.5. The Bertz CT molecular complexity index is 702. The lowest BCUT2D eigenvalue weighted by Crippen LogP contribution is -2.52. The molecule has 2 unspecified atom stereocenters. The van der Waals surface area contributed by atoms with Crippen LogP contribution < -0.4 is 10.0 Å². The summed E-state index contributed by atoms with van der Waals surface area (Å²) in [7, 11) is -3.89. The van der Waals surface area contributed by atoms with E-state index in [0.717, 1.165) is 24.8 Å². The molecule has 0 heterocycles. The summed E-state index contributed by atoms with van der Waals surface area (Å²) in [5, 5.41) is 12.7. The average Bonchev–Trinajstić information content (AvgIpc) is 2.70. The van der Waals surface area contributed by atoms with Gasteiger partial charge in [-0.3, -0.25) is 4.79 Å². The number of unbranched alkanes of at least 4 members (excludes halogenated alkanes) is 9. The molecular formula is C23H40N2O4S. The van der Waals surface area contributed by atoms with Crippen LogP contribution >= 0.6 is 0 Å². The molecule has 6 nitrogen and oxygen atoms in total. The zero-order chi connectivity index (χ0) is 22.4. The zero-order valence-electron chi connectivity index (χ0n) is 18.8. The van der Waals surface area contributed by atoms with Crippen molar-refractivity contribution in [1.82, 2.24) is 10.0 Å². The van der Waals surface area contributed by atoms with E-state index in [-0.39, 0.29) is 4.90 Å². The van der Waals surface area contributed by atoms with Gasteiger partial charge >= 0.3 is 0 Å². The third-order valence-electron chi connectivity index (χ3n) is 5.21. The number of nitrogens with one attached hydrogen (secondary N) is 2. The lowest BCUT2D eigenvalue weighted by atomic mass is 10.1. The minimum Gasteiger partial charge on any atom is -0.391 e. The Labute approximate surface area is 182 Å². The van der Waals surface area contributed by atoms with Crippen molar-refractivity contribution in [1.29, 1.82) is 0 Å². The second-order valence-electron chi connectivity index (χ2n) is 8.13. The summed E-state index contributed by atoms with van der Waals surface area (Å²) < 4.78 is 27.4. The number of carbonyl (C=O) groups is 1. The Morgan fingerprint density at radius 3 is 1.93 bits per heavy atom. The molecule has 0 aliphatic carbocycles. The van der Waals surface area contributed by atoms with Crippen LogP contribution in [-0.2, 0) is 14.8 Å². The molecule has 0 aliphatic heterocycles. The number of sulfonamides is 1. The monoisotopic (exact) mass is 440 g/mol. The van der Waals surface area contributed by atoms with E-state index in [2.05, 4.69) is 17.0 Å². The third-order valence-corrected chi connectivity index (χ3v) is 6.66. The second-order valence-corrected chi connectivity index (χ2v) is 9.84. The first-order valence-electron chi connectivity index (χ1n) is 11.3. The molecule has 3 N–H and O–H groups in total. The molecule has 0 radical (unpaired) electrons. The van der Waals surface area contributed by atoms with Gasteiger partial charge in [-0.25, -0.2) is 8.42 Å². The minimum atomic E-state index is -3.89. The van der Waals surface area contributed by atoms with Gasteiger partial charge in [0.05, 0.1) is 11.0 Å². The largest absolute Gasteiger partial charge is 0.391 e. The molecule has 7 heteroatoms. The SMILES string of the molecule is CCCCCCCCCCCCNC(=O)C(NS(=O)(=O)c1ccc(C)cc1)C(C)O. The first-order valence-corrected chi connectivity index (χ1v) is 12.8. The number of rotatable bonds is 16. The van der Waals surface area contributed by atoms with Crippen LogP contribution in [0.15, 0.2) is 29.2 Å². The summed E-state index contributed by atoms with van der Waals surface area (Å²) in [5.74, 6) is -0.503. The van der Waals surface area contributed by atoms with Gasteiger partial charge in [-0.2, -0.15) is 4.72 Å². The number of hydrogen-bond acceptors (Lipinski definition) is 4. The highest BCUT2D eigenvalue weighted by molar-refractivity contribution is 7.89. The molecule has 2 atom stereocenters. The molecule has 0 spiro atoms. The van der Waals surface area contributed by atoms with Crippen LogP contribution in [0.3, 0.4) is 0 Å². The summed E-state index contributed by atoms with van der Waals surface area (Å²) in [6.07, 6.45) is 10.9. The van der Waals surface area contributed by atoms with Crippen molar-refractivity contribution >= 4 is 15.9 Å². The molecule has 172 valence electrons. The molecule has 0 saturated heterocycles. The number of aliphatic hydroxyl groups is 1. The standard InChI is InChI=1S/C23H40N2O4S/c1-4-5-6-7-8-9-10-11-12-13-18-24-23(27)22(20(3)26)25-30(28,29)21-16-14-19(2)15-17-21/h14-17,20,22,25-26H,4-13,18H2,1-3H3,(H,24,27). The maximum atomic E-state index is 12.5. The van der Waals surface area contributed by atoms with Crippen molar-refractivity contribution < 1.29 is 18.3 Å². The molecule has 1 aromatic carbocycles. The first-order chi connectivity index (χ1) is 14.3. The van der Waals surface area contributed by atoms with Gasteiger partial charge in [0.25, 0.3) is 0 Å². The Morgan fingerprint density at radius 2 is 1.43 bits per heavy atom. The van der Waals surface area contributed by atoms with E-state index in [9.17, 15) is 18.3 Å². The normalized spacial score (nSPS) is 13.7. The fraction of sp³-hybridized carbons (Fsp3) is 0.696.